The second-order valence-corrected chi connectivity index (χ2v) is 4.18. The average molecular weight is 185 g/mol. The molecule has 0 aromatic carbocycles. The van der Waals surface area contributed by atoms with Crippen LogP contribution in [0, 0.1) is 5.92 Å². The van der Waals surface area contributed by atoms with E-state index in [9.17, 15) is 0 Å². The Hall–Kier alpha value is -0.120. The van der Waals surface area contributed by atoms with E-state index in [2.05, 4.69) is 12.2 Å². The van der Waals surface area contributed by atoms with Crippen molar-refractivity contribution in [1.82, 2.24) is 5.32 Å². The van der Waals surface area contributed by atoms with Crippen molar-refractivity contribution in [2.24, 2.45) is 5.92 Å². The normalized spacial score (nSPS) is 36.7. The van der Waals surface area contributed by atoms with Crippen LogP contribution in [0.1, 0.15) is 26.2 Å². The topological polar surface area (TPSA) is 30.5 Å². The van der Waals surface area contributed by atoms with E-state index in [4.69, 9.17) is 9.47 Å². The first kappa shape index (κ1) is 9.44. The van der Waals surface area contributed by atoms with Crippen LogP contribution in [0.4, 0.5) is 0 Å². The fourth-order valence-corrected chi connectivity index (χ4v) is 2.09. The average Bonchev–Trinajstić information content (AvgIpc) is 2.53. The fourth-order valence-electron chi connectivity index (χ4n) is 2.09. The quantitative estimate of drug-likeness (QED) is 0.699. The van der Waals surface area contributed by atoms with E-state index in [1.54, 1.807) is 0 Å². The molecule has 0 bridgehead atoms. The minimum Gasteiger partial charge on any atom is -0.381 e. The molecule has 0 aromatic heterocycles. The van der Waals surface area contributed by atoms with Gasteiger partial charge in [-0.2, -0.15) is 0 Å². The molecule has 0 amide bonds. The summed E-state index contributed by atoms with van der Waals surface area (Å²) < 4.78 is 10.9. The highest BCUT2D eigenvalue weighted by molar-refractivity contribution is 4.75. The molecule has 2 heterocycles. The standard InChI is InChI=1S/C10H19NO2/c1-8-7-13-10(11-8)6-9-2-4-12-5-3-9/h8-11H,2-7H2,1H3. The summed E-state index contributed by atoms with van der Waals surface area (Å²) in [5.41, 5.74) is 0. The van der Waals surface area contributed by atoms with Crippen LogP contribution in [-0.4, -0.2) is 32.1 Å². The maximum absolute atomic E-state index is 5.62. The van der Waals surface area contributed by atoms with Gasteiger partial charge < -0.3 is 9.47 Å². The highest BCUT2D eigenvalue weighted by Crippen LogP contribution is 2.22. The largest absolute Gasteiger partial charge is 0.381 e. The monoisotopic (exact) mass is 185 g/mol. The van der Waals surface area contributed by atoms with Crippen molar-refractivity contribution in [3.63, 3.8) is 0 Å². The lowest BCUT2D eigenvalue weighted by molar-refractivity contribution is 0.0293. The number of nitrogens with one attached hydrogen (secondary N) is 1. The molecule has 2 rings (SSSR count). The van der Waals surface area contributed by atoms with E-state index < -0.39 is 0 Å². The van der Waals surface area contributed by atoms with Gasteiger partial charge in [0.05, 0.1) is 6.61 Å². The highest BCUT2D eigenvalue weighted by atomic mass is 16.5. The van der Waals surface area contributed by atoms with Crippen LogP contribution in [0.15, 0.2) is 0 Å². The molecule has 0 aliphatic carbocycles. The van der Waals surface area contributed by atoms with Crippen molar-refractivity contribution >= 4 is 0 Å². The van der Waals surface area contributed by atoms with Gasteiger partial charge in [0.2, 0.25) is 0 Å². The Balaban J connectivity index is 1.71. The Labute approximate surface area is 79.8 Å². The van der Waals surface area contributed by atoms with Gasteiger partial charge in [-0.25, -0.2) is 0 Å². The third-order valence-corrected chi connectivity index (χ3v) is 2.91. The minimum atomic E-state index is 0.304. The van der Waals surface area contributed by atoms with Crippen LogP contribution in [0.3, 0.4) is 0 Å². The lowest BCUT2D eigenvalue weighted by atomic mass is 9.96. The Kier molecular flexibility index (Phi) is 3.19. The first-order chi connectivity index (χ1) is 6.34. The maximum atomic E-state index is 5.62. The molecule has 2 fully saturated rings. The highest BCUT2D eigenvalue weighted by Gasteiger charge is 2.25. The molecular formula is C10H19NO2. The van der Waals surface area contributed by atoms with E-state index >= 15 is 0 Å². The molecule has 2 atom stereocenters. The van der Waals surface area contributed by atoms with Gasteiger partial charge in [0, 0.05) is 19.3 Å². The molecule has 0 radical (unpaired) electrons. The molecule has 3 heteroatoms. The Morgan fingerprint density at radius 2 is 2.08 bits per heavy atom. The second kappa shape index (κ2) is 4.40. The van der Waals surface area contributed by atoms with Gasteiger partial charge in [0.15, 0.2) is 0 Å². The zero-order valence-corrected chi connectivity index (χ0v) is 8.29. The van der Waals surface area contributed by atoms with Crippen LogP contribution in [0.5, 0.6) is 0 Å². The molecule has 0 aromatic rings. The maximum Gasteiger partial charge on any atom is 0.108 e. The lowest BCUT2D eigenvalue weighted by Crippen LogP contribution is -2.31. The zero-order valence-electron chi connectivity index (χ0n) is 8.29. The Morgan fingerprint density at radius 3 is 2.69 bits per heavy atom. The van der Waals surface area contributed by atoms with Crippen molar-refractivity contribution in [1.29, 1.82) is 0 Å². The molecule has 0 saturated carbocycles. The van der Waals surface area contributed by atoms with Crippen LogP contribution in [0.2, 0.25) is 0 Å². The molecule has 2 unspecified atom stereocenters. The SMILES string of the molecule is CC1COC(CC2CCOCC2)N1. The van der Waals surface area contributed by atoms with E-state index in [0.717, 1.165) is 32.2 Å². The summed E-state index contributed by atoms with van der Waals surface area (Å²) >= 11 is 0. The van der Waals surface area contributed by atoms with Crippen LogP contribution >= 0.6 is 0 Å². The van der Waals surface area contributed by atoms with Crippen LogP contribution < -0.4 is 5.32 Å². The number of rotatable bonds is 2. The van der Waals surface area contributed by atoms with Crippen molar-refractivity contribution in [3.05, 3.63) is 0 Å². The van der Waals surface area contributed by atoms with Gasteiger partial charge in [0.25, 0.3) is 0 Å². The molecule has 2 saturated heterocycles. The summed E-state index contributed by atoms with van der Waals surface area (Å²) in [6.07, 6.45) is 3.87. The summed E-state index contributed by atoms with van der Waals surface area (Å²) in [6.45, 7) is 4.91. The molecule has 1 N–H and O–H groups in total. The predicted molar refractivity (Wildman–Crippen MR) is 50.5 cm³/mol. The van der Waals surface area contributed by atoms with Gasteiger partial charge in [0.1, 0.15) is 6.23 Å². The molecule has 2 aliphatic rings. The van der Waals surface area contributed by atoms with Gasteiger partial charge in [-0.1, -0.05) is 0 Å². The van der Waals surface area contributed by atoms with E-state index in [-0.39, 0.29) is 0 Å². The molecule has 76 valence electrons. The van der Waals surface area contributed by atoms with Crippen molar-refractivity contribution in [2.75, 3.05) is 19.8 Å². The minimum absolute atomic E-state index is 0.304. The van der Waals surface area contributed by atoms with Crippen molar-refractivity contribution in [2.45, 2.75) is 38.5 Å². The summed E-state index contributed by atoms with van der Waals surface area (Å²) in [7, 11) is 0. The number of ether oxygens (including phenoxy) is 2. The number of hydrogen-bond donors (Lipinski definition) is 1. The summed E-state index contributed by atoms with van der Waals surface area (Å²) in [4.78, 5) is 0. The fraction of sp³-hybridized carbons (Fsp3) is 1.00. The Morgan fingerprint density at radius 1 is 1.31 bits per heavy atom. The molecule has 2 aliphatic heterocycles. The first-order valence-electron chi connectivity index (χ1n) is 5.30. The van der Waals surface area contributed by atoms with Gasteiger partial charge in [-0.05, 0) is 32.1 Å². The van der Waals surface area contributed by atoms with Crippen molar-refractivity contribution < 1.29 is 9.47 Å². The summed E-state index contributed by atoms with van der Waals surface area (Å²) in [5, 5.41) is 3.44. The zero-order chi connectivity index (χ0) is 9.10. The van der Waals surface area contributed by atoms with Gasteiger partial charge in [-0.15, -0.1) is 0 Å². The van der Waals surface area contributed by atoms with E-state index in [1.165, 1.54) is 12.8 Å². The molecule has 0 spiro atoms. The van der Waals surface area contributed by atoms with Crippen LogP contribution in [-0.2, 0) is 9.47 Å². The summed E-state index contributed by atoms with van der Waals surface area (Å²) in [5.74, 6) is 0.802. The third-order valence-electron chi connectivity index (χ3n) is 2.91. The van der Waals surface area contributed by atoms with Crippen LogP contribution in [0.25, 0.3) is 0 Å². The smallest absolute Gasteiger partial charge is 0.108 e. The van der Waals surface area contributed by atoms with E-state index in [0.29, 0.717) is 12.3 Å². The molecular weight excluding hydrogens is 166 g/mol. The molecule has 13 heavy (non-hydrogen) atoms. The second-order valence-electron chi connectivity index (χ2n) is 4.18. The van der Waals surface area contributed by atoms with Crippen molar-refractivity contribution in [3.8, 4) is 0 Å². The lowest BCUT2D eigenvalue weighted by Gasteiger charge is -2.24. The first-order valence-corrected chi connectivity index (χ1v) is 5.30. The number of hydrogen-bond acceptors (Lipinski definition) is 3. The summed E-state index contributed by atoms with van der Waals surface area (Å²) in [6, 6.07) is 0.532. The van der Waals surface area contributed by atoms with Gasteiger partial charge in [-0.3, -0.25) is 5.32 Å². The molecule has 3 nitrogen and oxygen atoms in total. The van der Waals surface area contributed by atoms with E-state index in [1.807, 2.05) is 0 Å². The predicted octanol–water partition coefficient (Wildman–Crippen LogP) is 1.14. The van der Waals surface area contributed by atoms with Gasteiger partial charge >= 0.3 is 0 Å². The third kappa shape index (κ3) is 2.66. The Bertz CT molecular complexity index is 154.